The molecule has 1 aromatic rings. The maximum Gasteiger partial charge on any atom is 0.243 e. The molecule has 0 spiro atoms. The fraction of sp³-hybridized carbons (Fsp3) is 0.615. The van der Waals surface area contributed by atoms with E-state index in [1.165, 1.54) is 12.3 Å². The van der Waals surface area contributed by atoms with Gasteiger partial charge in [0.05, 0.1) is 0 Å². The zero-order valence-corrected chi connectivity index (χ0v) is 14.6. The van der Waals surface area contributed by atoms with Gasteiger partial charge in [0.1, 0.15) is 10.0 Å². The van der Waals surface area contributed by atoms with E-state index in [2.05, 4.69) is 39.5 Å². The lowest BCUT2D eigenvalue weighted by molar-refractivity contribution is 0.242. The first-order valence-corrected chi connectivity index (χ1v) is 9.28. The second-order valence-electron chi connectivity index (χ2n) is 5.53. The molecule has 1 aliphatic carbocycles. The molecule has 4 nitrogen and oxygen atoms in total. The Labute approximate surface area is 133 Å². The lowest BCUT2D eigenvalue weighted by atomic mass is 9.79. The summed E-state index contributed by atoms with van der Waals surface area (Å²) in [6.07, 6.45) is 4.24. The van der Waals surface area contributed by atoms with Crippen molar-refractivity contribution < 1.29 is 8.42 Å². The minimum atomic E-state index is -3.63. The highest BCUT2D eigenvalue weighted by Crippen LogP contribution is 2.31. The smallest absolute Gasteiger partial charge is 0.242 e. The molecule has 1 N–H and O–H groups in total. The third kappa shape index (κ3) is 3.72. The highest BCUT2D eigenvalue weighted by molar-refractivity contribution is 9.10. The molecular weight excluding hydrogens is 364 g/mol. The summed E-state index contributed by atoms with van der Waals surface area (Å²) in [5.74, 6) is 1.17. The normalized spacial score (nSPS) is 27.5. The van der Waals surface area contributed by atoms with Gasteiger partial charge in [-0.05, 0) is 53.1 Å². The molecule has 3 atom stereocenters. The monoisotopic (exact) mass is 380 g/mol. The van der Waals surface area contributed by atoms with Crippen LogP contribution in [0.1, 0.15) is 33.1 Å². The number of pyridine rings is 1. The van der Waals surface area contributed by atoms with Gasteiger partial charge in [0, 0.05) is 16.7 Å². The van der Waals surface area contributed by atoms with Gasteiger partial charge in [-0.15, -0.1) is 0 Å². The molecule has 20 heavy (non-hydrogen) atoms. The van der Waals surface area contributed by atoms with Crippen LogP contribution in [0.5, 0.6) is 0 Å². The molecule has 1 saturated carbocycles. The molecule has 0 aromatic carbocycles. The number of sulfonamides is 1. The van der Waals surface area contributed by atoms with Crippen molar-refractivity contribution in [2.45, 2.75) is 44.0 Å². The van der Waals surface area contributed by atoms with Crippen LogP contribution in [0.4, 0.5) is 0 Å². The Bertz CT molecular complexity index is 594. The maximum absolute atomic E-state index is 12.4. The van der Waals surface area contributed by atoms with E-state index in [0.717, 1.165) is 19.3 Å². The SMILES string of the molecule is CC1CCC(NS(=O)(=O)c2cc(Br)cnc2Cl)CC1C. The first kappa shape index (κ1) is 16.2. The zero-order chi connectivity index (χ0) is 14.9. The molecule has 2 rings (SSSR count). The van der Waals surface area contributed by atoms with Gasteiger partial charge in [0.2, 0.25) is 10.0 Å². The molecule has 1 heterocycles. The number of nitrogens with zero attached hydrogens (tertiary/aromatic N) is 1. The molecule has 0 amide bonds. The Balaban J connectivity index is 2.17. The van der Waals surface area contributed by atoms with E-state index in [0.29, 0.717) is 16.3 Å². The predicted octanol–water partition coefficient (Wildman–Crippen LogP) is 3.60. The molecule has 7 heteroatoms. The number of aromatic nitrogens is 1. The van der Waals surface area contributed by atoms with E-state index in [9.17, 15) is 8.42 Å². The van der Waals surface area contributed by atoms with Gasteiger partial charge in [-0.25, -0.2) is 18.1 Å². The lowest BCUT2D eigenvalue weighted by Gasteiger charge is -2.32. The van der Waals surface area contributed by atoms with Crippen LogP contribution in [0.25, 0.3) is 0 Å². The van der Waals surface area contributed by atoms with E-state index in [4.69, 9.17) is 11.6 Å². The van der Waals surface area contributed by atoms with Crippen LogP contribution in [0.2, 0.25) is 5.15 Å². The van der Waals surface area contributed by atoms with Crippen molar-refractivity contribution in [1.82, 2.24) is 9.71 Å². The maximum atomic E-state index is 12.4. The van der Waals surface area contributed by atoms with Crippen LogP contribution in [-0.4, -0.2) is 19.4 Å². The Morgan fingerprint density at radius 3 is 2.70 bits per heavy atom. The van der Waals surface area contributed by atoms with Gasteiger partial charge in [-0.2, -0.15) is 0 Å². The Morgan fingerprint density at radius 1 is 1.35 bits per heavy atom. The van der Waals surface area contributed by atoms with Crippen molar-refractivity contribution in [2.75, 3.05) is 0 Å². The summed E-state index contributed by atoms with van der Waals surface area (Å²) >= 11 is 9.12. The van der Waals surface area contributed by atoms with Gasteiger partial charge in [-0.3, -0.25) is 0 Å². The predicted molar refractivity (Wildman–Crippen MR) is 83.2 cm³/mol. The summed E-state index contributed by atoms with van der Waals surface area (Å²) in [7, 11) is -3.63. The quantitative estimate of drug-likeness (QED) is 0.814. The van der Waals surface area contributed by atoms with Crippen molar-refractivity contribution in [3.05, 3.63) is 21.9 Å². The number of hydrogen-bond donors (Lipinski definition) is 1. The third-order valence-electron chi connectivity index (χ3n) is 3.98. The minimum absolute atomic E-state index is 0.00192. The van der Waals surface area contributed by atoms with E-state index in [1.807, 2.05) is 0 Å². The number of halogens is 2. The fourth-order valence-corrected chi connectivity index (χ4v) is 4.76. The van der Waals surface area contributed by atoms with Crippen LogP contribution in [0.15, 0.2) is 21.6 Å². The molecule has 112 valence electrons. The molecule has 0 saturated heterocycles. The molecule has 0 bridgehead atoms. The van der Waals surface area contributed by atoms with Crippen LogP contribution >= 0.6 is 27.5 Å². The first-order valence-electron chi connectivity index (χ1n) is 6.63. The summed E-state index contributed by atoms with van der Waals surface area (Å²) in [5.41, 5.74) is 0. The standard InChI is InChI=1S/C13H18BrClN2O2S/c1-8-3-4-11(5-9(8)2)17-20(18,19)12-6-10(14)7-16-13(12)15/h6-9,11,17H,3-5H2,1-2H3. The van der Waals surface area contributed by atoms with Gasteiger partial charge in [-0.1, -0.05) is 25.4 Å². The third-order valence-corrected chi connectivity index (χ3v) is 6.36. The molecular formula is C13H18BrClN2O2S. The van der Waals surface area contributed by atoms with Gasteiger partial charge in [0.15, 0.2) is 0 Å². The van der Waals surface area contributed by atoms with Crippen molar-refractivity contribution in [3.8, 4) is 0 Å². The molecule has 1 fully saturated rings. The van der Waals surface area contributed by atoms with Crippen LogP contribution < -0.4 is 4.72 Å². The van der Waals surface area contributed by atoms with Crippen molar-refractivity contribution in [3.63, 3.8) is 0 Å². The molecule has 3 unspecified atom stereocenters. The van der Waals surface area contributed by atoms with Gasteiger partial charge >= 0.3 is 0 Å². The molecule has 1 aromatic heterocycles. The summed E-state index contributed by atoms with van der Waals surface area (Å²) < 4.78 is 28.2. The van der Waals surface area contributed by atoms with E-state index < -0.39 is 10.0 Å². The molecule has 0 aliphatic heterocycles. The van der Waals surface area contributed by atoms with Crippen molar-refractivity contribution >= 4 is 37.6 Å². The van der Waals surface area contributed by atoms with Crippen LogP contribution in [0, 0.1) is 11.8 Å². The topological polar surface area (TPSA) is 59.1 Å². The Morgan fingerprint density at radius 2 is 2.05 bits per heavy atom. The highest BCUT2D eigenvalue weighted by atomic mass is 79.9. The largest absolute Gasteiger partial charge is 0.243 e. The molecule has 0 radical (unpaired) electrons. The zero-order valence-electron chi connectivity index (χ0n) is 11.4. The second kappa shape index (κ2) is 6.30. The van der Waals surface area contributed by atoms with Crippen LogP contribution in [0.3, 0.4) is 0 Å². The summed E-state index contributed by atoms with van der Waals surface area (Å²) in [6, 6.07) is 1.45. The highest BCUT2D eigenvalue weighted by Gasteiger charge is 2.29. The van der Waals surface area contributed by atoms with Gasteiger partial charge < -0.3 is 0 Å². The lowest BCUT2D eigenvalue weighted by Crippen LogP contribution is -2.39. The summed E-state index contributed by atoms with van der Waals surface area (Å²) in [6.45, 7) is 4.38. The average Bonchev–Trinajstić information content (AvgIpc) is 2.36. The molecule has 1 aliphatic rings. The fourth-order valence-electron chi connectivity index (χ4n) is 2.53. The number of hydrogen-bond acceptors (Lipinski definition) is 3. The summed E-state index contributed by atoms with van der Waals surface area (Å²) in [5, 5.41) is -0.00192. The van der Waals surface area contributed by atoms with Gasteiger partial charge in [0.25, 0.3) is 0 Å². The Kier molecular flexibility index (Phi) is 5.10. The van der Waals surface area contributed by atoms with Crippen LogP contribution in [-0.2, 0) is 10.0 Å². The van der Waals surface area contributed by atoms with Crippen molar-refractivity contribution in [2.24, 2.45) is 11.8 Å². The first-order chi connectivity index (χ1) is 9.29. The summed E-state index contributed by atoms with van der Waals surface area (Å²) in [4.78, 5) is 3.89. The average molecular weight is 382 g/mol. The number of nitrogens with one attached hydrogen (secondary N) is 1. The minimum Gasteiger partial charge on any atom is -0.242 e. The number of rotatable bonds is 3. The van der Waals surface area contributed by atoms with E-state index >= 15 is 0 Å². The van der Waals surface area contributed by atoms with E-state index in [1.54, 1.807) is 0 Å². The Hall–Kier alpha value is -0.170. The second-order valence-corrected chi connectivity index (χ2v) is 8.48. The van der Waals surface area contributed by atoms with E-state index in [-0.39, 0.29) is 16.1 Å². The van der Waals surface area contributed by atoms with Crippen molar-refractivity contribution in [1.29, 1.82) is 0 Å².